The van der Waals surface area contributed by atoms with Gasteiger partial charge in [-0.15, -0.1) is 0 Å². The molecular weight excluding hydrogens is 276 g/mol. The quantitative estimate of drug-likeness (QED) is 0.850. The van der Waals surface area contributed by atoms with Crippen LogP contribution >= 0.6 is 0 Å². The number of ether oxygens (including phenoxy) is 1. The molecule has 0 radical (unpaired) electrons. The molecule has 0 amide bonds. The van der Waals surface area contributed by atoms with Crippen molar-refractivity contribution in [1.29, 1.82) is 0 Å². The van der Waals surface area contributed by atoms with Crippen molar-refractivity contribution >= 4 is 0 Å². The first kappa shape index (κ1) is 15.3. The van der Waals surface area contributed by atoms with E-state index in [1.165, 1.54) is 11.1 Å². The monoisotopic (exact) mass is 300 g/mol. The van der Waals surface area contributed by atoms with Gasteiger partial charge in [0, 0.05) is 31.8 Å². The average Bonchev–Trinajstić information content (AvgIpc) is 3.06. The fourth-order valence-corrected chi connectivity index (χ4v) is 3.40. The van der Waals surface area contributed by atoms with Crippen molar-refractivity contribution in [3.05, 3.63) is 52.9 Å². The van der Waals surface area contributed by atoms with Gasteiger partial charge < -0.3 is 9.26 Å². The maximum absolute atomic E-state index is 5.73. The molecule has 0 bridgehead atoms. The Morgan fingerprint density at radius 1 is 1.27 bits per heavy atom. The van der Waals surface area contributed by atoms with Crippen LogP contribution in [-0.2, 0) is 17.7 Å². The lowest BCUT2D eigenvalue weighted by Crippen LogP contribution is -2.37. The van der Waals surface area contributed by atoms with Gasteiger partial charge in [-0.25, -0.2) is 0 Å². The van der Waals surface area contributed by atoms with Crippen LogP contribution in [0.5, 0.6) is 0 Å². The van der Waals surface area contributed by atoms with Crippen molar-refractivity contribution in [3.8, 4) is 0 Å². The lowest BCUT2D eigenvalue weighted by atomic mass is 10.0. The zero-order valence-corrected chi connectivity index (χ0v) is 13.6. The molecule has 2 heterocycles. The Morgan fingerprint density at radius 3 is 2.68 bits per heavy atom. The molecule has 1 aliphatic heterocycles. The van der Waals surface area contributed by atoms with Crippen LogP contribution in [0.15, 0.2) is 34.9 Å². The normalized spacial score (nSPS) is 22.3. The smallest absolute Gasteiger partial charge is 0.138 e. The number of hydrogen-bond donors (Lipinski definition) is 0. The van der Waals surface area contributed by atoms with Crippen LogP contribution in [0.25, 0.3) is 0 Å². The maximum atomic E-state index is 5.73. The molecule has 1 fully saturated rings. The summed E-state index contributed by atoms with van der Waals surface area (Å²) in [6.07, 6.45) is 2.39. The highest BCUT2D eigenvalue weighted by atomic mass is 16.5. The number of methoxy groups -OCH3 is 1. The van der Waals surface area contributed by atoms with Crippen LogP contribution in [0.2, 0.25) is 0 Å². The van der Waals surface area contributed by atoms with Crippen molar-refractivity contribution in [2.45, 2.75) is 45.4 Å². The Kier molecular flexibility index (Phi) is 4.60. The molecular formula is C18H24N2O2. The van der Waals surface area contributed by atoms with E-state index in [2.05, 4.69) is 40.4 Å². The molecule has 118 valence electrons. The van der Waals surface area contributed by atoms with Crippen LogP contribution < -0.4 is 0 Å². The molecule has 4 nitrogen and oxygen atoms in total. The summed E-state index contributed by atoms with van der Waals surface area (Å²) in [6.45, 7) is 5.95. The van der Waals surface area contributed by atoms with Crippen LogP contribution in [0.4, 0.5) is 0 Å². The number of hydrogen-bond acceptors (Lipinski definition) is 4. The molecule has 0 spiro atoms. The summed E-state index contributed by atoms with van der Waals surface area (Å²) in [4.78, 5) is 2.51. The minimum atomic E-state index is 0.292. The summed E-state index contributed by atoms with van der Waals surface area (Å²) in [5.41, 5.74) is 3.58. The van der Waals surface area contributed by atoms with Crippen molar-refractivity contribution in [2.75, 3.05) is 13.7 Å². The van der Waals surface area contributed by atoms with Crippen molar-refractivity contribution in [1.82, 2.24) is 10.1 Å². The van der Waals surface area contributed by atoms with E-state index in [4.69, 9.17) is 9.26 Å². The predicted molar refractivity (Wildman–Crippen MR) is 85.7 cm³/mol. The Labute approximate surface area is 132 Å². The summed E-state index contributed by atoms with van der Waals surface area (Å²) < 4.78 is 11.0. The van der Waals surface area contributed by atoms with Crippen molar-refractivity contribution in [3.63, 3.8) is 0 Å². The van der Waals surface area contributed by atoms with Crippen LogP contribution in [0.3, 0.4) is 0 Å². The number of aryl methyl sites for hydroxylation is 2. The summed E-state index contributed by atoms with van der Waals surface area (Å²) in [7, 11) is 1.82. The lowest BCUT2D eigenvalue weighted by molar-refractivity contribution is 0.0637. The Balaban J connectivity index is 1.77. The van der Waals surface area contributed by atoms with Gasteiger partial charge in [-0.3, -0.25) is 4.90 Å². The molecule has 0 unspecified atom stereocenters. The van der Waals surface area contributed by atoms with E-state index in [-0.39, 0.29) is 0 Å². The highest BCUT2D eigenvalue weighted by Crippen LogP contribution is 2.27. The van der Waals surface area contributed by atoms with Gasteiger partial charge in [0.2, 0.25) is 0 Å². The average molecular weight is 300 g/mol. The minimum absolute atomic E-state index is 0.292. The fourth-order valence-electron chi connectivity index (χ4n) is 3.40. The van der Waals surface area contributed by atoms with E-state index < -0.39 is 0 Å². The van der Waals surface area contributed by atoms with Crippen molar-refractivity contribution < 1.29 is 9.26 Å². The molecule has 1 saturated heterocycles. The van der Waals surface area contributed by atoms with Crippen LogP contribution in [0, 0.1) is 13.8 Å². The number of nitrogens with zero attached hydrogens (tertiary/aromatic N) is 2. The zero-order valence-electron chi connectivity index (χ0n) is 13.6. The van der Waals surface area contributed by atoms with Gasteiger partial charge in [0.05, 0.1) is 11.8 Å². The van der Waals surface area contributed by atoms with Gasteiger partial charge in [-0.1, -0.05) is 35.5 Å². The predicted octanol–water partition coefficient (Wildman–Crippen LogP) is 3.12. The molecule has 4 heteroatoms. The molecule has 2 aromatic rings. The second-order valence-electron chi connectivity index (χ2n) is 6.09. The van der Waals surface area contributed by atoms with E-state index in [9.17, 15) is 0 Å². The molecule has 1 aliphatic rings. The second-order valence-corrected chi connectivity index (χ2v) is 6.09. The topological polar surface area (TPSA) is 38.5 Å². The largest absolute Gasteiger partial charge is 0.380 e. The third-order valence-electron chi connectivity index (χ3n) is 4.73. The van der Waals surface area contributed by atoms with Gasteiger partial charge in [0.15, 0.2) is 0 Å². The standard InChI is InChI=1S/C18H24N2O2/c1-13-16(14(2)22-19-13)12-20-10-9-18(21-3)17(20)11-15-7-5-4-6-8-15/h4-8,17-18H,9-12H2,1-3H3/t17-,18+/m0/s1. The Hall–Kier alpha value is -1.65. The highest BCUT2D eigenvalue weighted by molar-refractivity contribution is 5.22. The molecule has 0 aliphatic carbocycles. The Morgan fingerprint density at radius 2 is 2.05 bits per heavy atom. The van der Waals surface area contributed by atoms with E-state index in [0.29, 0.717) is 12.1 Å². The highest BCUT2D eigenvalue weighted by Gasteiger charge is 2.34. The summed E-state index contributed by atoms with van der Waals surface area (Å²) >= 11 is 0. The second kappa shape index (κ2) is 6.63. The minimum Gasteiger partial charge on any atom is -0.380 e. The van der Waals surface area contributed by atoms with Crippen LogP contribution in [-0.4, -0.2) is 35.9 Å². The number of aromatic nitrogens is 1. The molecule has 1 aromatic carbocycles. The number of benzene rings is 1. The molecule has 1 aromatic heterocycles. The number of rotatable bonds is 5. The lowest BCUT2D eigenvalue weighted by Gasteiger charge is -2.27. The van der Waals surface area contributed by atoms with Gasteiger partial charge in [0.1, 0.15) is 5.76 Å². The van der Waals surface area contributed by atoms with E-state index >= 15 is 0 Å². The van der Waals surface area contributed by atoms with Crippen molar-refractivity contribution in [2.24, 2.45) is 0 Å². The first-order valence-electron chi connectivity index (χ1n) is 7.91. The molecule has 2 atom stereocenters. The first-order chi connectivity index (χ1) is 10.7. The number of likely N-dealkylation sites (tertiary alicyclic amines) is 1. The van der Waals surface area contributed by atoms with Gasteiger partial charge in [0.25, 0.3) is 0 Å². The fraction of sp³-hybridized carbons (Fsp3) is 0.500. The first-order valence-corrected chi connectivity index (χ1v) is 7.91. The van der Waals surface area contributed by atoms with Gasteiger partial charge in [-0.2, -0.15) is 0 Å². The molecule has 0 saturated carbocycles. The summed E-state index contributed by atoms with van der Waals surface area (Å²) in [5, 5.41) is 4.07. The third kappa shape index (κ3) is 3.08. The molecule has 3 rings (SSSR count). The van der Waals surface area contributed by atoms with Gasteiger partial charge >= 0.3 is 0 Å². The zero-order chi connectivity index (χ0) is 15.5. The SMILES string of the molecule is CO[C@@H]1CCN(Cc2c(C)noc2C)[C@H]1Cc1ccccc1. The summed E-state index contributed by atoms with van der Waals surface area (Å²) in [6, 6.07) is 11.1. The molecule has 0 N–H and O–H groups in total. The van der Waals surface area contributed by atoms with E-state index in [1.54, 1.807) is 0 Å². The Bertz CT molecular complexity index is 589. The summed E-state index contributed by atoms with van der Waals surface area (Å²) in [5.74, 6) is 0.928. The van der Waals surface area contributed by atoms with E-state index in [0.717, 1.165) is 37.4 Å². The third-order valence-corrected chi connectivity index (χ3v) is 4.73. The van der Waals surface area contributed by atoms with Crippen LogP contribution in [0.1, 0.15) is 29.0 Å². The van der Waals surface area contributed by atoms with Gasteiger partial charge in [-0.05, 0) is 32.3 Å². The molecule has 22 heavy (non-hydrogen) atoms. The van der Waals surface area contributed by atoms with E-state index in [1.807, 2.05) is 21.0 Å². The maximum Gasteiger partial charge on any atom is 0.138 e.